The molecule has 2 aliphatic heterocycles. The maximum atomic E-state index is 12.1. The van der Waals surface area contributed by atoms with Crippen LogP contribution in [0.5, 0.6) is 0 Å². The van der Waals surface area contributed by atoms with E-state index < -0.39 is 98.4 Å². The van der Waals surface area contributed by atoms with Crippen molar-refractivity contribution in [1.82, 2.24) is 0 Å². The van der Waals surface area contributed by atoms with Gasteiger partial charge in [-0.25, -0.2) is 0 Å². The van der Waals surface area contributed by atoms with E-state index in [9.17, 15) is 46.0 Å². The molecule has 13 nitrogen and oxygen atoms in total. The first-order chi connectivity index (χ1) is 25.7. The Bertz CT molecular complexity index is 1400. The summed E-state index contributed by atoms with van der Waals surface area (Å²) in [4.78, 5) is 0. The van der Waals surface area contributed by atoms with Gasteiger partial charge in [0, 0.05) is 0 Å². The van der Waals surface area contributed by atoms with Crippen molar-refractivity contribution < 1.29 is 64.9 Å². The van der Waals surface area contributed by atoms with Crippen LogP contribution in [0.4, 0.5) is 0 Å². The number of allylic oxidation sites excluding steroid dienone is 1. The van der Waals surface area contributed by atoms with E-state index in [-0.39, 0.29) is 39.9 Å². The van der Waals surface area contributed by atoms with Gasteiger partial charge < -0.3 is 64.9 Å². The molecule has 0 aromatic heterocycles. The highest BCUT2D eigenvalue weighted by Gasteiger charge is 2.70. The molecule has 0 radical (unpaired) electrons. The largest absolute Gasteiger partial charge is 0.394 e. The molecule has 9 N–H and O–H groups in total. The molecule has 0 bridgehead atoms. The Morgan fingerprint density at radius 2 is 1.35 bits per heavy atom. The molecule has 0 aromatic rings. The molecular weight excluding hydrogens is 712 g/mol. The highest BCUT2D eigenvalue weighted by Crippen LogP contribution is 2.75. The first-order valence-corrected chi connectivity index (χ1v) is 20.6. The van der Waals surface area contributed by atoms with Crippen molar-refractivity contribution in [1.29, 1.82) is 0 Å². The van der Waals surface area contributed by atoms with Gasteiger partial charge in [0.15, 0.2) is 12.6 Å². The van der Waals surface area contributed by atoms with Gasteiger partial charge in [0.05, 0.1) is 31.5 Å². The molecule has 20 atom stereocenters. The molecule has 5 unspecified atom stereocenters. The SMILES string of the molecule is C=C(C)C(O)C/C=C(\C)C1CC[C@]2(C)C1[C@H](O)CC1[C@@]3(C)CC[C@H](O[C@@H]4O[C@H](CO)[C@@H](O)[C@H](O)[C@H]4O[C@@H]4O[C@H](CO)[C@@H](O)[C@H](O)[C@H]4O)C(C)(C)C3CC[C@]12C. The van der Waals surface area contributed by atoms with Crippen LogP contribution < -0.4 is 0 Å². The van der Waals surface area contributed by atoms with Gasteiger partial charge in [0.2, 0.25) is 0 Å². The minimum Gasteiger partial charge on any atom is -0.394 e. The second-order valence-corrected chi connectivity index (χ2v) is 19.5. The molecular formula is C42H70O13. The third-order valence-corrected chi connectivity index (χ3v) is 16.4. The molecule has 6 rings (SSSR count). The van der Waals surface area contributed by atoms with E-state index in [1.807, 2.05) is 6.92 Å². The zero-order chi connectivity index (χ0) is 40.6. The fraction of sp³-hybridized carbons (Fsp3) is 0.905. The average molecular weight is 783 g/mol. The van der Waals surface area contributed by atoms with E-state index >= 15 is 0 Å². The van der Waals surface area contributed by atoms with E-state index in [0.29, 0.717) is 19.3 Å². The number of rotatable bonds is 10. The Morgan fingerprint density at radius 1 is 0.745 bits per heavy atom. The third kappa shape index (κ3) is 7.12. The lowest BCUT2D eigenvalue weighted by Gasteiger charge is -2.70. The van der Waals surface area contributed by atoms with E-state index in [0.717, 1.165) is 37.7 Å². The molecule has 6 fully saturated rings. The monoisotopic (exact) mass is 782 g/mol. The van der Waals surface area contributed by atoms with Crippen molar-refractivity contribution in [2.75, 3.05) is 13.2 Å². The molecule has 0 spiro atoms. The second kappa shape index (κ2) is 15.9. The predicted octanol–water partition coefficient (Wildman–Crippen LogP) is 1.93. The normalized spacial score (nSPS) is 51.8. The zero-order valence-corrected chi connectivity index (χ0v) is 33.8. The number of hydrogen-bond donors (Lipinski definition) is 9. The lowest BCUT2D eigenvalue weighted by Crippen LogP contribution is -2.67. The molecule has 2 heterocycles. The zero-order valence-electron chi connectivity index (χ0n) is 33.8. The maximum absolute atomic E-state index is 12.1. The summed E-state index contributed by atoms with van der Waals surface area (Å²) in [5.41, 5.74) is 1.36. The topological polar surface area (TPSA) is 219 Å². The van der Waals surface area contributed by atoms with E-state index in [4.69, 9.17) is 18.9 Å². The van der Waals surface area contributed by atoms with Crippen molar-refractivity contribution in [2.24, 2.45) is 45.3 Å². The predicted molar refractivity (Wildman–Crippen MR) is 201 cm³/mol. The molecule has 6 aliphatic rings. The Morgan fingerprint density at radius 3 is 1.96 bits per heavy atom. The highest BCUT2D eigenvalue weighted by molar-refractivity contribution is 5.23. The Hall–Kier alpha value is -1.04. The van der Waals surface area contributed by atoms with E-state index in [2.05, 4.69) is 54.2 Å². The Balaban J connectivity index is 1.22. The van der Waals surface area contributed by atoms with Crippen LogP contribution in [-0.2, 0) is 18.9 Å². The number of aliphatic hydroxyl groups excluding tert-OH is 9. The fourth-order valence-electron chi connectivity index (χ4n) is 12.9. The minimum absolute atomic E-state index is 0.0103. The van der Waals surface area contributed by atoms with Gasteiger partial charge in [-0.2, -0.15) is 0 Å². The quantitative estimate of drug-likeness (QED) is 0.115. The van der Waals surface area contributed by atoms with Gasteiger partial charge in [0.25, 0.3) is 0 Å². The van der Waals surface area contributed by atoms with Crippen LogP contribution in [0.15, 0.2) is 23.8 Å². The molecule has 4 aliphatic carbocycles. The van der Waals surface area contributed by atoms with Gasteiger partial charge in [-0.1, -0.05) is 58.4 Å². The van der Waals surface area contributed by atoms with Crippen molar-refractivity contribution in [3.8, 4) is 0 Å². The summed E-state index contributed by atoms with van der Waals surface area (Å²) < 4.78 is 24.3. The summed E-state index contributed by atoms with van der Waals surface area (Å²) in [5.74, 6) is 0.841. The lowest BCUT2D eigenvalue weighted by atomic mass is 9.35. The van der Waals surface area contributed by atoms with Crippen LogP contribution in [0.25, 0.3) is 0 Å². The van der Waals surface area contributed by atoms with Crippen LogP contribution in [0, 0.1) is 45.3 Å². The Labute approximate surface area is 326 Å². The molecule has 2 saturated heterocycles. The van der Waals surface area contributed by atoms with Crippen LogP contribution in [0.2, 0.25) is 0 Å². The highest BCUT2D eigenvalue weighted by atomic mass is 16.8. The fourth-order valence-corrected chi connectivity index (χ4v) is 12.9. The lowest BCUT2D eigenvalue weighted by molar-refractivity contribution is -0.378. The molecule has 13 heteroatoms. The average Bonchev–Trinajstić information content (AvgIpc) is 3.51. The van der Waals surface area contributed by atoms with Gasteiger partial charge >= 0.3 is 0 Å². The molecule has 4 saturated carbocycles. The molecule has 316 valence electrons. The maximum Gasteiger partial charge on any atom is 0.187 e. The molecule has 0 amide bonds. The van der Waals surface area contributed by atoms with Gasteiger partial charge in [0.1, 0.15) is 48.8 Å². The van der Waals surface area contributed by atoms with E-state index in [1.54, 1.807) is 0 Å². The van der Waals surface area contributed by atoms with Crippen molar-refractivity contribution in [3.63, 3.8) is 0 Å². The second-order valence-electron chi connectivity index (χ2n) is 19.5. The van der Waals surface area contributed by atoms with Gasteiger partial charge in [-0.3, -0.25) is 0 Å². The van der Waals surface area contributed by atoms with Gasteiger partial charge in [-0.15, -0.1) is 0 Å². The molecule has 55 heavy (non-hydrogen) atoms. The summed E-state index contributed by atoms with van der Waals surface area (Å²) >= 11 is 0. The van der Waals surface area contributed by atoms with Crippen molar-refractivity contribution in [2.45, 2.75) is 180 Å². The number of fused-ring (bicyclic) bond motifs is 5. The van der Waals surface area contributed by atoms with Crippen molar-refractivity contribution in [3.05, 3.63) is 23.8 Å². The smallest absolute Gasteiger partial charge is 0.187 e. The van der Waals surface area contributed by atoms with Crippen LogP contribution >= 0.6 is 0 Å². The number of aliphatic hydroxyl groups is 9. The number of hydrogen-bond acceptors (Lipinski definition) is 13. The first kappa shape index (κ1) is 43.5. The van der Waals surface area contributed by atoms with Crippen LogP contribution in [0.1, 0.15) is 99.8 Å². The summed E-state index contributed by atoms with van der Waals surface area (Å²) in [6.45, 7) is 18.3. The van der Waals surface area contributed by atoms with E-state index in [1.165, 1.54) is 5.57 Å². The van der Waals surface area contributed by atoms with Crippen LogP contribution in [0.3, 0.4) is 0 Å². The molecule has 0 aromatic carbocycles. The number of ether oxygens (including phenoxy) is 4. The summed E-state index contributed by atoms with van der Waals surface area (Å²) in [5, 5.41) is 95.8. The standard InChI is InChI=1S/C42H70O13/c1-20(2)23(45)10-9-21(3)22-11-15-42(8)30(22)24(46)17-28-40(6)14-13-29(39(4,5)27(40)12-16-41(28,42)7)54-38-36(34(50)32(48)26(19-44)53-38)55-37-35(51)33(49)31(47)25(18-43)52-37/h9,22-38,43-51H,1,10-19H2,2-8H3/b21-9+/t22?,23?,24-,25-,26-,27?,28?,29+,30?,31-,32-,33+,34+,35-,36-,37+,38+,40+,41-,42-/m1/s1. The Kier molecular flexibility index (Phi) is 12.6. The van der Waals surface area contributed by atoms with Crippen LogP contribution in [-0.4, -0.2) is 139 Å². The third-order valence-electron chi connectivity index (χ3n) is 16.4. The summed E-state index contributed by atoms with van der Waals surface area (Å²) in [7, 11) is 0. The summed E-state index contributed by atoms with van der Waals surface area (Å²) in [6, 6.07) is 0. The summed E-state index contributed by atoms with van der Waals surface area (Å²) in [6.07, 6.45) is -7.68. The first-order valence-electron chi connectivity index (χ1n) is 20.6. The van der Waals surface area contributed by atoms with Crippen molar-refractivity contribution >= 4 is 0 Å². The minimum atomic E-state index is -1.75. The van der Waals surface area contributed by atoms with Gasteiger partial charge in [-0.05, 0) is 111 Å².